The van der Waals surface area contributed by atoms with Gasteiger partial charge in [0.2, 0.25) is 5.91 Å². The van der Waals surface area contributed by atoms with Crippen LogP contribution in [0.4, 0.5) is 10.8 Å². The van der Waals surface area contributed by atoms with Gasteiger partial charge in [-0.2, -0.15) is 0 Å². The summed E-state index contributed by atoms with van der Waals surface area (Å²) >= 11 is 4.16. The molecule has 0 radical (unpaired) electrons. The second-order valence-corrected chi connectivity index (χ2v) is 13.6. The predicted molar refractivity (Wildman–Crippen MR) is 199 cm³/mol. The van der Waals surface area contributed by atoms with Crippen LogP contribution in [-0.4, -0.2) is 29.8 Å². The van der Waals surface area contributed by atoms with Crippen LogP contribution < -0.4 is 20.7 Å². The van der Waals surface area contributed by atoms with Crippen LogP contribution in [-0.2, 0) is 9.59 Å². The molecular formula is C38H30N4O4S3. The Labute approximate surface area is 295 Å². The zero-order chi connectivity index (χ0) is 34.0. The van der Waals surface area contributed by atoms with E-state index in [2.05, 4.69) is 20.9 Å². The molecule has 0 spiro atoms. The molecule has 1 unspecified atom stereocenters. The van der Waals surface area contributed by atoms with E-state index in [1.54, 1.807) is 49.6 Å². The fourth-order valence-corrected chi connectivity index (χ4v) is 7.20. The van der Waals surface area contributed by atoms with Gasteiger partial charge in [-0.15, -0.1) is 34.4 Å². The summed E-state index contributed by atoms with van der Waals surface area (Å²) in [5.74, 6) is -0.348. The van der Waals surface area contributed by atoms with Crippen LogP contribution in [0, 0.1) is 0 Å². The van der Waals surface area contributed by atoms with Gasteiger partial charge in [-0.05, 0) is 77.7 Å². The number of amides is 3. The molecule has 0 saturated carbocycles. The minimum Gasteiger partial charge on any atom is -0.497 e. The van der Waals surface area contributed by atoms with Crippen molar-refractivity contribution in [3.05, 3.63) is 154 Å². The highest BCUT2D eigenvalue weighted by Gasteiger charge is 2.24. The molecule has 0 bridgehead atoms. The van der Waals surface area contributed by atoms with E-state index < -0.39 is 17.1 Å². The van der Waals surface area contributed by atoms with Crippen molar-refractivity contribution >= 4 is 69.1 Å². The quantitative estimate of drug-likeness (QED) is 0.0869. The number of anilines is 2. The molecular weight excluding hydrogens is 673 g/mol. The van der Waals surface area contributed by atoms with Gasteiger partial charge in [-0.25, -0.2) is 4.98 Å². The van der Waals surface area contributed by atoms with Crippen molar-refractivity contribution in [2.75, 3.05) is 17.7 Å². The Hall–Kier alpha value is -5.49. The third-order valence-electron chi connectivity index (χ3n) is 7.16. The number of aromatic nitrogens is 1. The number of thiazole rings is 1. The first-order chi connectivity index (χ1) is 23.9. The summed E-state index contributed by atoms with van der Waals surface area (Å²) in [6.45, 7) is 0. The van der Waals surface area contributed by atoms with Crippen LogP contribution in [0.25, 0.3) is 17.3 Å². The van der Waals surface area contributed by atoms with Crippen molar-refractivity contribution in [1.82, 2.24) is 10.3 Å². The second kappa shape index (κ2) is 16.1. The van der Waals surface area contributed by atoms with Crippen LogP contribution >= 0.6 is 34.4 Å². The molecule has 11 heteroatoms. The van der Waals surface area contributed by atoms with Crippen molar-refractivity contribution in [2.24, 2.45) is 0 Å². The molecule has 3 amide bonds. The summed E-state index contributed by atoms with van der Waals surface area (Å²) < 4.78 is 5.25. The van der Waals surface area contributed by atoms with Gasteiger partial charge < -0.3 is 20.7 Å². The number of ether oxygens (including phenoxy) is 1. The Balaban J connectivity index is 1.18. The number of methoxy groups -OCH3 is 1. The van der Waals surface area contributed by atoms with Crippen molar-refractivity contribution in [2.45, 2.75) is 10.1 Å². The highest BCUT2D eigenvalue weighted by atomic mass is 32.2. The van der Waals surface area contributed by atoms with Gasteiger partial charge in [-0.3, -0.25) is 14.4 Å². The highest BCUT2D eigenvalue weighted by molar-refractivity contribution is 8.00. The normalized spacial score (nSPS) is 11.7. The van der Waals surface area contributed by atoms with E-state index in [-0.39, 0.29) is 11.6 Å². The molecule has 4 aromatic carbocycles. The summed E-state index contributed by atoms with van der Waals surface area (Å²) in [7, 11) is 1.62. The average Bonchev–Trinajstić information content (AvgIpc) is 3.84. The zero-order valence-corrected chi connectivity index (χ0v) is 28.6. The molecule has 0 fully saturated rings. The number of rotatable bonds is 12. The SMILES string of the molecule is COc1ccc(-c2csc(NC(=O)C(Sc3cccc(NC(=O)/C(=C/c4cccs4)NC(=O)c4ccccc4)c3)c3ccccc3)n2)cc1. The standard InChI is InChI=1S/C38H30N4O4S3/c1-46-29-19-17-25(18-20-29)33-24-48-38(41-33)42-37(45)34(26-10-4-2-5-11-26)49-31-15-8-14-28(22-31)39-36(44)32(23-30-16-9-21-47-30)40-35(43)27-12-6-3-7-13-27/h2-24,34H,1H3,(H,39,44)(H,40,43)(H,41,42,45)/b32-23-. The van der Waals surface area contributed by atoms with Gasteiger partial charge in [0.25, 0.3) is 11.8 Å². The molecule has 2 aromatic heterocycles. The highest BCUT2D eigenvalue weighted by Crippen LogP contribution is 2.38. The molecule has 3 N–H and O–H groups in total. The van der Waals surface area contributed by atoms with Gasteiger partial charge in [0.1, 0.15) is 16.7 Å². The smallest absolute Gasteiger partial charge is 0.272 e. The summed E-state index contributed by atoms with van der Waals surface area (Å²) in [5.41, 5.74) is 3.54. The van der Waals surface area contributed by atoms with Crippen molar-refractivity contribution in [3.8, 4) is 17.0 Å². The van der Waals surface area contributed by atoms with Crippen LogP contribution in [0.5, 0.6) is 5.75 Å². The lowest BCUT2D eigenvalue weighted by atomic mass is 10.1. The monoisotopic (exact) mass is 702 g/mol. The number of hydrogen-bond acceptors (Lipinski definition) is 8. The Kier molecular flexibility index (Phi) is 11.0. The Morgan fingerprint density at radius 3 is 2.29 bits per heavy atom. The molecule has 244 valence electrons. The molecule has 0 saturated heterocycles. The lowest BCUT2D eigenvalue weighted by Crippen LogP contribution is -2.30. The van der Waals surface area contributed by atoms with E-state index in [1.165, 1.54) is 34.4 Å². The van der Waals surface area contributed by atoms with Gasteiger partial charge in [0.15, 0.2) is 5.13 Å². The van der Waals surface area contributed by atoms with Gasteiger partial charge >= 0.3 is 0 Å². The predicted octanol–water partition coefficient (Wildman–Crippen LogP) is 8.76. The van der Waals surface area contributed by atoms with E-state index in [1.807, 2.05) is 95.7 Å². The van der Waals surface area contributed by atoms with Gasteiger partial charge in [-0.1, -0.05) is 60.7 Å². The third-order valence-corrected chi connectivity index (χ3v) is 9.99. The van der Waals surface area contributed by atoms with Crippen LogP contribution in [0.15, 0.2) is 143 Å². The van der Waals surface area contributed by atoms with E-state index >= 15 is 0 Å². The molecule has 0 aliphatic heterocycles. The molecule has 6 aromatic rings. The Morgan fingerprint density at radius 2 is 1.57 bits per heavy atom. The first-order valence-electron chi connectivity index (χ1n) is 15.1. The van der Waals surface area contributed by atoms with Crippen molar-refractivity contribution < 1.29 is 19.1 Å². The average molecular weight is 703 g/mol. The molecule has 8 nitrogen and oxygen atoms in total. The number of benzene rings is 4. The topological polar surface area (TPSA) is 109 Å². The van der Waals surface area contributed by atoms with Gasteiger partial charge in [0, 0.05) is 32.0 Å². The zero-order valence-electron chi connectivity index (χ0n) is 26.2. The van der Waals surface area contributed by atoms with Crippen LogP contribution in [0.2, 0.25) is 0 Å². The number of hydrogen-bond donors (Lipinski definition) is 3. The number of nitrogens with zero attached hydrogens (tertiary/aromatic N) is 1. The fraction of sp³-hybridized carbons (Fsp3) is 0.0526. The lowest BCUT2D eigenvalue weighted by molar-refractivity contribution is -0.116. The molecule has 2 heterocycles. The minimum absolute atomic E-state index is 0.105. The largest absolute Gasteiger partial charge is 0.497 e. The van der Waals surface area contributed by atoms with Crippen LogP contribution in [0.3, 0.4) is 0 Å². The molecule has 49 heavy (non-hydrogen) atoms. The maximum absolute atomic E-state index is 13.8. The third kappa shape index (κ3) is 8.90. The number of thioether (sulfide) groups is 1. The number of carbonyl (C=O) groups excluding carboxylic acids is 3. The first-order valence-corrected chi connectivity index (χ1v) is 17.7. The lowest BCUT2D eigenvalue weighted by Gasteiger charge is -2.17. The van der Waals surface area contributed by atoms with E-state index in [0.29, 0.717) is 16.4 Å². The van der Waals surface area contributed by atoms with Crippen LogP contribution in [0.1, 0.15) is 26.0 Å². The minimum atomic E-state index is -0.611. The van der Waals surface area contributed by atoms with Crippen molar-refractivity contribution in [1.29, 1.82) is 0 Å². The molecule has 1 atom stereocenters. The molecule has 6 rings (SSSR count). The molecule has 0 aliphatic rings. The van der Waals surface area contributed by atoms with E-state index in [4.69, 9.17) is 4.74 Å². The second-order valence-electron chi connectivity index (χ2n) is 10.5. The summed E-state index contributed by atoms with van der Waals surface area (Å²) in [6.07, 6.45) is 1.65. The van der Waals surface area contributed by atoms with E-state index in [0.717, 1.165) is 32.3 Å². The van der Waals surface area contributed by atoms with Crippen molar-refractivity contribution in [3.63, 3.8) is 0 Å². The van der Waals surface area contributed by atoms with Gasteiger partial charge in [0.05, 0.1) is 12.8 Å². The summed E-state index contributed by atoms with van der Waals surface area (Å²) in [4.78, 5) is 46.5. The van der Waals surface area contributed by atoms with E-state index in [9.17, 15) is 14.4 Å². The fourth-order valence-electron chi connectivity index (χ4n) is 4.74. The Bertz CT molecular complexity index is 2060. The summed E-state index contributed by atoms with van der Waals surface area (Å²) in [5, 5.41) is 12.3. The maximum Gasteiger partial charge on any atom is 0.272 e. The summed E-state index contributed by atoms with van der Waals surface area (Å²) in [6, 6.07) is 36.8. The number of thiophene rings is 1. The number of carbonyl (C=O) groups is 3. The maximum atomic E-state index is 13.8. The molecule has 0 aliphatic carbocycles. The number of nitrogens with one attached hydrogen (secondary N) is 3. The Morgan fingerprint density at radius 1 is 0.816 bits per heavy atom. The first kappa shape index (κ1) is 33.4.